The summed E-state index contributed by atoms with van der Waals surface area (Å²) in [6.07, 6.45) is 7.54. The van der Waals surface area contributed by atoms with Crippen molar-refractivity contribution in [2.45, 2.75) is 25.8 Å². The van der Waals surface area contributed by atoms with Crippen LogP contribution in [-0.2, 0) is 4.74 Å². The lowest BCUT2D eigenvalue weighted by Crippen LogP contribution is -2.16. The largest absolute Gasteiger partial charge is 0.501 e. The third-order valence-electron chi connectivity index (χ3n) is 2.62. The minimum absolute atomic E-state index is 0.0716. The number of nitrogens with zero attached hydrogens (tertiary/aromatic N) is 1. The number of nitrogens with two attached hydrogens (primary N) is 1. The fourth-order valence-corrected chi connectivity index (χ4v) is 1.78. The van der Waals surface area contributed by atoms with Crippen LogP contribution in [0.3, 0.4) is 0 Å². The molecule has 1 aliphatic rings. The first-order valence-corrected chi connectivity index (χ1v) is 5.25. The molecule has 15 heavy (non-hydrogen) atoms. The third-order valence-corrected chi connectivity index (χ3v) is 2.62. The van der Waals surface area contributed by atoms with Crippen LogP contribution >= 0.6 is 0 Å². The quantitative estimate of drug-likeness (QED) is 0.802. The Labute approximate surface area is 90.0 Å². The van der Waals surface area contributed by atoms with E-state index in [1.165, 1.54) is 0 Å². The average molecular weight is 204 g/mol. The molecule has 2 rings (SSSR count). The second-order valence-electron chi connectivity index (χ2n) is 3.94. The van der Waals surface area contributed by atoms with Crippen molar-refractivity contribution in [2.24, 2.45) is 5.73 Å². The van der Waals surface area contributed by atoms with Crippen molar-refractivity contribution in [2.75, 3.05) is 6.61 Å². The van der Waals surface area contributed by atoms with E-state index in [1.54, 1.807) is 6.26 Å². The maximum Gasteiger partial charge on any atom is 0.0876 e. The lowest BCUT2D eigenvalue weighted by atomic mass is 9.97. The Bertz CT molecular complexity index is 374. The van der Waals surface area contributed by atoms with Gasteiger partial charge < -0.3 is 10.5 Å². The Morgan fingerprint density at radius 2 is 2.33 bits per heavy atom. The zero-order valence-corrected chi connectivity index (χ0v) is 8.94. The lowest BCUT2D eigenvalue weighted by molar-refractivity contribution is 0.221. The number of ether oxygens (including phenoxy) is 1. The molecule has 0 spiro atoms. The minimum Gasteiger partial charge on any atom is -0.501 e. The summed E-state index contributed by atoms with van der Waals surface area (Å²) in [7, 11) is 0. The van der Waals surface area contributed by atoms with E-state index in [-0.39, 0.29) is 6.04 Å². The normalized spacial score (nSPS) is 17.9. The SMILES string of the molecule is Cc1cncc(C(N)C2=COCCC2)c1. The molecular weight excluding hydrogens is 188 g/mol. The molecule has 0 fully saturated rings. The summed E-state index contributed by atoms with van der Waals surface area (Å²) in [4.78, 5) is 4.15. The lowest BCUT2D eigenvalue weighted by Gasteiger charge is -2.19. The maximum absolute atomic E-state index is 6.15. The molecular formula is C12H16N2O. The smallest absolute Gasteiger partial charge is 0.0876 e. The van der Waals surface area contributed by atoms with Crippen LogP contribution in [0.25, 0.3) is 0 Å². The van der Waals surface area contributed by atoms with Crippen LogP contribution in [0.15, 0.2) is 30.3 Å². The van der Waals surface area contributed by atoms with Crippen LogP contribution in [0.2, 0.25) is 0 Å². The highest BCUT2D eigenvalue weighted by Crippen LogP contribution is 2.25. The first-order chi connectivity index (χ1) is 7.27. The molecule has 0 aromatic carbocycles. The number of hydrogen-bond donors (Lipinski definition) is 1. The van der Waals surface area contributed by atoms with Gasteiger partial charge in [-0.25, -0.2) is 0 Å². The molecule has 0 aliphatic carbocycles. The van der Waals surface area contributed by atoms with Crippen molar-refractivity contribution >= 4 is 0 Å². The zero-order valence-electron chi connectivity index (χ0n) is 8.94. The Hall–Kier alpha value is -1.35. The fourth-order valence-electron chi connectivity index (χ4n) is 1.78. The van der Waals surface area contributed by atoms with E-state index in [2.05, 4.69) is 11.1 Å². The van der Waals surface area contributed by atoms with E-state index in [1.807, 2.05) is 19.3 Å². The molecule has 0 saturated heterocycles. The first kappa shape index (κ1) is 10.2. The average Bonchev–Trinajstić information content (AvgIpc) is 2.29. The van der Waals surface area contributed by atoms with E-state index in [9.17, 15) is 0 Å². The highest BCUT2D eigenvalue weighted by atomic mass is 16.5. The van der Waals surface area contributed by atoms with Crippen LogP contribution in [0, 0.1) is 6.92 Å². The summed E-state index contributed by atoms with van der Waals surface area (Å²) in [5, 5.41) is 0. The molecule has 2 N–H and O–H groups in total. The highest BCUT2D eigenvalue weighted by Gasteiger charge is 2.15. The molecule has 80 valence electrons. The molecule has 0 radical (unpaired) electrons. The predicted octanol–water partition coefficient (Wildman–Crippen LogP) is 2.08. The van der Waals surface area contributed by atoms with Crippen molar-refractivity contribution < 1.29 is 4.74 Å². The number of rotatable bonds is 2. The van der Waals surface area contributed by atoms with Crippen molar-refractivity contribution in [1.82, 2.24) is 4.98 Å². The summed E-state index contributed by atoms with van der Waals surface area (Å²) in [5.41, 5.74) is 9.51. The number of aryl methyl sites for hydroxylation is 1. The fraction of sp³-hybridized carbons (Fsp3) is 0.417. The molecule has 1 aromatic heterocycles. The standard InChI is InChI=1S/C12H16N2O/c1-9-5-11(7-14-6-9)12(13)10-3-2-4-15-8-10/h5-8,12H,2-4,13H2,1H3. The second-order valence-corrected chi connectivity index (χ2v) is 3.94. The van der Waals surface area contributed by atoms with Gasteiger partial charge in [0.25, 0.3) is 0 Å². The van der Waals surface area contributed by atoms with Crippen LogP contribution in [0.4, 0.5) is 0 Å². The van der Waals surface area contributed by atoms with Crippen molar-refractivity contribution in [3.05, 3.63) is 41.4 Å². The second kappa shape index (κ2) is 4.45. The molecule has 3 nitrogen and oxygen atoms in total. The molecule has 0 amide bonds. The molecule has 0 saturated carbocycles. The summed E-state index contributed by atoms with van der Waals surface area (Å²) in [6, 6.07) is 2.00. The highest BCUT2D eigenvalue weighted by molar-refractivity contribution is 5.27. The van der Waals surface area contributed by atoms with Gasteiger partial charge in [0.1, 0.15) is 0 Å². The number of hydrogen-bond acceptors (Lipinski definition) is 3. The molecule has 0 bridgehead atoms. The van der Waals surface area contributed by atoms with Crippen LogP contribution in [0.5, 0.6) is 0 Å². The van der Waals surface area contributed by atoms with Gasteiger partial charge in [0.05, 0.1) is 18.9 Å². The van der Waals surface area contributed by atoms with Crippen LogP contribution in [-0.4, -0.2) is 11.6 Å². The topological polar surface area (TPSA) is 48.1 Å². The predicted molar refractivity (Wildman–Crippen MR) is 59.2 cm³/mol. The van der Waals surface area contributed by atoms with Gasteiger partial charge in [0.15, 0.2) is 0 Å². The summed E-state index contributed by atoms with van der Waals surface area (Å²) >= 11 is 0. The van der Waals surface area contributed by atoms with Crippen molar-refractivity contribution in [1.29, 1.82) is 0 Å². The number of pyridine rings is 1. The van der Waals surface area contributed by atoms with E-state index in [0.29, 0.717) is 0 Å². The van der Waals surface area contributed by atoms with Gasteiger partial charge in [-0.2, -0.15) is 0 Å². The maximum atomic E-state index is 6.15. The first-order valence-electron chi connectivity index (χ1n) is 5.25. The van der Waals surface area contributed by atoms with Gasteiger partial charge in [0.2, 0.25) is 0 Å². The van der Waals surface area contributed by atoms with Gasteiger partial charge in [0, 0.05) is 12.4 Å². The van der Waals surface area contributed by atoms with Crippen LogP contribution < -0.4 is 5.73 Å². The number of aromatic nitrogens is 1. The van der Waals surface area contributed by atoms with E-state index >= 15 is 0 Å². The Morgan fingerprint density at radius 3 is 3.00 bits per heavy atom. The monoisotopic (exact) mass is 204 g/mol. The van der Waals surface area contributed by atoms with Gasteiger partial charge in [-0.3, -0.25) is 4.98 Å². The summed E-state index contributed by atoms with van der Waals surface area (Å²) in [6.45, 7) is 2.83. The van der Waals surface area contributed by atoms with Gasteiger partial charge >= 0.3 is 0 Å². The van der Waals surface area contributed by atoms with Gasteiger partial charge in [-0.15, -0.1) is 0 Å². The molecule has 1 aromatic rings. The molecule has 1 unspecified atom stereocenters. The Morgan fingerprint density at radius 1 is 1.47 bits per heavy atom. The third kappa shape index (κ3) is 2.36. The van der Waals surface area contributed by atoms with E-state index < -0.39 is 0 Å². The van der Waals surface area contributed by atoms with Gasteiger partial charge in [-0.1, -0.05) is 6.07 Å². The zero-order chi connectivity index (χ0) is 10.7. The molecule has 3 heteroatoms. The molecule has 1 aliphatic heterocycles. The van der Waals surface area contributed by atoms with Crippen LogP contribution in [0.1, 0.15) is 30.0 Å². The summed E-state index contributed by atoms with van der Waals surface area (Å²) in [5.74, 6) is 0. The summed E-state index contributed by atoms with van der Waals surface area (Å²) < 4.78 is 5.29. The molecule has 2 heterocycles. The Balaban J connectivity index is 2.19. The minimum atomic E-state index is -0.0716. The Kier molecular flexibility index (Phi) is 3.02. The van der Waals surface area contributed by atoms with E-state index in [0.717, 1.165) is 36.1 Å². The molecule has 1 atom stereocenters. The van der Waals surface area contributed by atoms with E-state index in [4.69, 9.17) is 10.5 Å². The van der Waals surface area contributed by atoms with Crippen molar-refractivity contribution in [3.63, 3.8) is 0 Å². The van der Waals surface area contributed by atoms with Crippen molar-refractivity contribution in [3.8, 4) is 0 Å². The van der Waals surface area contributed by atoms with Gasteiger partial charge in [-0.05, 0) is 36.5 Å².